The molecule has 3 fully saturated rings. The standard InChI is InChI=1S/C25H38FN3O12/c1-5-6-7-8-36-25(35)28-20-13(26)9-29(24(34)27-20)21-19(41-23-17(33)15(31)11(3)39-23)18(12(4)37-21)40-22-16(32)14(30)10(2)38-22/h9-12,14-19,21-23,30-33H,5-8H2,1-4H3,(H,27,28,34,35)/t10-,11-,12-,14-,15-,16-,17-,18-,19-,21-,22+,23+/m1/s1. The number of ether oxygens (including phenoxy) is 6. The van der Waals surface area contributed by atoms with Crippen LogP contribution < -0.4 is 11.0 Å². The van der Waals surface area contributed by atoms with Crippen molar-refractivity contribution in [2.45, 2.75) is 121 Å². The molecule has 1 aromatic heterocycles. The van der Waals surface area contributed by atoms with Crippen LogP contribution in [0.4, 0.5) is 15.0 Å². The van der Waals surface area contributed by atoms with Crippen LogP contribution in [0.3, 0.4) is 0 Å². The van der Waals surface area contributed by atoms with Crippen LogP contribution in [0.2, 0.25) is 0 Å². The van der Waals surface area contributed by atoms with Crippen LogP contribution in [0.15, 0.2) is 11.0 Å². The number of anilines is 1. The van der Waals surface area contributed by atoms with Crippen LogP contribution in [0.1, 0.15) is 53.2 Å². The van der Waals surface area contributed by atoms with Gasteiger partial charge >= 0.3 is 11.8 Å². The van der Waals surface area contributed by atoms with Gasteiger partial charge in [0, 0.05) is 0 Å². The van der Waals surface area contributed by atoms with Gasteiger partial charge in [0.25, 0.3) is 0 Å². The van der Waals surface area contributed by atoms with Crippen LogP contribution in [-0.4, -0.2) is 110 Å². The highest BCUT2D eigenvalue weighted by molar-refractivity contribution is 5.83. The van der Waals surface area contributed by atoms with E-state index >= 15 is 4.39 Å². The number of rotatable bonds is 10. The number of hydrogen-bond acceptors (Lipinski definition) is 13. The molecule has 0 aliphatic carbocycles. The molecule has 3 aliphatic rings. The highest BCUT2D eigenvalue weighted by Gasteiger charge is 2.53. The lowest BCUT2D eigenvalue weighted by atomic mass is 10.1. The molecule has 0 unspecified atom stereocenters. The maximum atomic E-state index is 15.0. The Labute approximate surface area is 235 Å². The third-order valence-corrected chi connectivity index (χ3v) is 7.30. The quantitative estimate of drug-likeness (QED) is 0.223. The molecule has 12 atom stereocenters. The van der Waals surface area contributed by atoms with Crippen molar-refractivity contribution in [1.29, 1.82) is 0 Å². The molecule has 1 amide bonds. The topological polar surface area (TPSA) is 200 Å². The highest BCUT2D eigenvalue weighted by atomic mass is 19.1. The van der Waals surface area contributed by atoms with E-state index in [1.54, 1.807) is 13.8 Å². The molecule has 0 radical (unpaired) electrons. The molecular formula is C25H38FN3O12. The van der Waals surface area contributed by atoms with E-state index in [0.29, 0.717) is 6.42 Å². The SMILES string of the molecule is CCCCCOC(=O)Nc1nc(=O)n([C@@H]2O[C@H](C)[C@@H](O[C@@H]3O[C@H](C)[C@@H](O)[C@H]3O)[C@H]2O[C@@H]2O[C@H](C)[C@@H](O)[C@H]2O)cc1F. The summed E-state index contributed by atoms with van der Waals surface area (Å²) in [5.74, 6) is -1.73. The average molecular weight is 592 g/mol. The molecule has 0 saturated carbocycles. The predicted octanol–water partition coefficient (Wildman–Crippen LogP) is -0.258. The van der Waals surface area contributed by atoms with Gasteiger partial charge in [0.1, 0.15) is 36.6 Å². The van der Waals surface area contributed by atoms with Crippen LogP contribution in [0, 0.1) is 5.82 Å². The van der Waals surface area contributed by atoms with Gasteiger partial charge in [-0.15, -0.1) is 0 Å². The third kappa shape index (κ3) is 6.87. The maximum absolute atomic E-state index is 15.0. The summed E-state index contributed by atoms with van der Waals surface area (Å²) in [6.45, 7) is 6.72. The van der Waals surface area contributed by atoms with Gasteiger partial charge in [0.2, 0.25) is 0 Å². The first-order chi connectivity index (χ1) is 19.4. The summed E-state index contributed by atoms with van der Waals surface area (Å²) in [5.41, 5.74) is -1.03. The minimum atomic E-state index is -1.47. The van der Waals surface area contributed by atoms with Crippen LogP contribution >= 0.6 is 0 Å². The number of aliphatic hydroxyl groups excluding tert-OH is 4. The number of unbranched alkanes of at least 4 members (excludes halogenated alkanes) is 2. The minimum absolute atomic E-state index is 0.115. The van der Waals surface area contributed by atoms with Crippen molar-refractivity contribution in [3.63, 3.8) is 0 Å². The number of aromatic nitrogens is 2. The minimum Gasteiger partial charge on any atom is -0.449 e. The molecule has 15 nitrogen and oxygen atoms in total. The molecule has 1 aromatic rings. The maximum Gasteiger partial charge on any atom is 0.412 e. The lowest BCUT2D eigenvalue weighted by Crippen LogP contribution is -2.46. The van der Waals surface area contributed by atoms with Gasteiger partial charge in [-0.1, -0.05) is 19.8 Å². The molecule has 5 N–H and O–H groups in total. The van der Waals surface area contributed by atoms with E-state index in [0.717, 1.165) is 23.6 Å². The second-order valence-electron chi connectivity index (χ2n) is 10.4. The van der Waals surface area contributed by atoms with Gasteiger partial charge in [-0.25, -0.2) is 14.0 Å². The Morgan fingerprint density at radius 2 is 1.54 bits per heavy atom. The van der Waals surface area contributed by atoms with Crippen molar-refractivity contribution < 1.29 is 58.0 Å². The van der Waals surface area contributed by atoms with Crippen molar-refractivity contribution in [2.24, 2.45) is 0 Å². The van der Waals surface area contributed by atoms with Crippen molar-refractivity contribution in [1.82, 2.24) is 9.55 Å². The van der Waals surface area contributed by atoms with Crippen molar-refractivity contribution >= 4 is 11.9 Å². The van der Waals surface area contributed by atoms with E-state index < -0.39 is 97.2 Å². The smallest absolute Gasteiger partial charge is 0.412 e. The average Bonchev–Trinajstić information content (AvgIpc) is 3.46. The third-order valence-electron chi connectivity index (χ3n) is 7.30. The zero-order chi connectivity index (χ0) is 30.0. The molecule has 4 rings (SSSR count). The van der Waals surface area contributed by atoms with Gasteiger partial charge in [-0.05, 0) is 27.2 Å². The van der Waals surface area contributed by atoms with E-state index in [2.05, 4.69) is 10.3 Å². The summed E-state index contributed by atoms with van der Waals surface area (Å²) in [6.07, 6.45) is -12.1. The Morgan fingerprint density at radius 3 is 2.07 bits per heavy atom. The first kappa shape index (κ1) is 31.7. The van der Waals surface area contributed by atoms with Crippen molar-refractivity contribution in [3.8, 4) is 0 Å². The number of hydrogen-bond donors (Lipinski definition) is 5. The van der Waals surface area contributed by atoms with Crippen LogP contribution in [0.5, 0.6) is 0 Å². The fourth-order valence-electron chi connectivity index (χ4n) is 4.88. The van der Waals surface area contributed by atoms with Crippen molar-refractivity contribution in [3.05, 3.63) is 22.5 Å². The Hall–Kier alpha value is -2.28. The Morgan fingerprint density at radius 1 is 0.951 bits per heavy atom. The number of amides is 1. The Balaban J connectivity index is 1.57. The first-order valence-corrected chi connectivity index (χ1v) is 13.6. The molecular weight excluding hydrogens is 553 g/mol. The molecule has 41 heavy (non-hydrogen) atoms. The number of carbonyl (C=O) groups is 1. The summed E-state index contributed by atoms with van der Waals surface area (Å²) < 4.78 is 49.6. The Bertz CT molecular complexity index is 1110. The summed E-state index contributed by atoms with van der Waals surface area (Å²) >= 11 is 0. The van der Waals surface area contributed by atoms with E-state index in [-0.39, 0.29) is 6.61 Å². The molecule has 0 spiro atoms. The number of nitrogens with zero attached hydrogens (tertiary/aromatic N) is 2. The van der Waals surface area contributed by atoms with Gasteiger partial charge in [-0.2, -0.15) is 4.98 Å². The molecule has 16 heteroatoms. The second-order valence-corrected chi connectivity index (χ2v) is 10.4. The fraction of sp³-hybridized carbons (Fsp3) is 0.800. The monoisotopic (exact) mass is 591 g/mol. The highest BCUT2D eigenvalue weighted by Crippen LogP contribution is 2.38. The summed E-state index contributed by atoms with van der Waals surface area (Å²) in [4.78, 5) is 28.6. The summed E-state index contributed by atoms with van der Waals surface area (Å²) in [5, 5.41) is 43.1. The van der Waals surface area contributed by atoms with Crippen LogP contribution in [0.25, 0.3) is 0 Å². The van der Waals surface area contributed by atoms with E-state index in [1.807, 2.05) is 6.92 Å². The van der Waals surface area contributed by atoms with E-state index in [4.69, 9.17) is 28.4 Å². The summed E-state index contributed by atoms with van der Waals surface area (Å²) in [6, 6.07) is 0. The number of carbonyl (C=O) groups excluding carboxylic acids is 1. The van der Waals surface area contributed by atoms with Crippen molar-refractivity contribution in [2.75, 3.05) is 11.9 Å². The van der Waals surface area contributed by atoms with E-state index in [1.165, 1.54) is 6.92 Å². The molecule has 232 valence electrons. The summed E-state index contributed by atoms with van der Waals surface area (Å²) in [7, 11) is 0. The lowest BCUT2D eigenvalue weighted by molar-refractivity contribution is -0.248. The largest absolute Gasteiger partial charge is 0.449 e. The van der Waals surface area contributed by atoms with E-state index in [9.17, 15) is 30.0 Å². The number of halogens is 1. The van der Waals surface area contributed by atoms with Crippen LogP contribution in [-0.2, 0) is 28.4 Å². The van der Waals surface area contributed by atoms with Gasteiger partial charge in [0.05, 0.1) is 31.1 Å². The number of aliphatic hydroxyl groups is 4. The second kappa shape index (κ2) is 13.4. The number of nitrogens with one attached hydrogen (secondary N) is 1. The molecule has 3 aliphatic heterocycles. The molecule has 0 bridgehead atoms. The van der Waals surface area contributed by atoms with Gasteiger partial charge in [-0.3, -0.25) is 9.88 Å². The fourth-order valence-corrected chi connectivity index (χ4v) is 4.88. The molecule has 0 aromatic carbocycles. The van der Waals surface area contributed by atoms with Gasteiger partial charge < -0.3 is 48.8 Å². The molecule has 3 saturated heterocycles. The zero-order valence-corrected chi connectivity index (χ0v) is 23.2. The van der Waals surface area contributed by atoms with Gasteiger partial charge in [0.15, 0.2) is 30.4 Å². The normalized spacial score (nSPS) is 38.9. The predicted molar refractivity (Wildman–Crippen MR) is 135 cm³/mol. The Kier molecular flexibility index (Phi) is 10.3. The molecule has 4 heterocycles. The first-order valence-electron chi connectivity index (χ1n) is 13.6. The zero-order valence-electron chi connectivity index (χ0n) is 23.2. The lowest BCUT2D eigenvalue weighted by Gasteiger charge is -2.30.